The van der Waals surface area contributed by atoms with Gasteiger partial charge in [0, 0.05) is 22.3 Å². The fourth-order valence-corrected chi connectivity index (χ4v) is 4.10. The van der Waals surface area contributed by atoms with Crippen LogP contribution in [0.25, 0.3) is 0 Å². The Balaban J connectivity index is 1.75. The Kier molecular flexibility index (Phi) is 7.35. The molecule has 0 radical (unpaired) electrons. The molecule has 0 aromatic heterocycles. The number of amides is 2. The molecule has 0 atom stereocenters. The van der Waals surface area contributed by atoms with Crippen LogP contribution in [0.15, 0.2) is 71.6 Å². The van der Waals surface area contributed by atoms with E-state index in [0.717, 1.165) is 24.3 Å². The van der Waals surface area contributed by atoms with Crippen molar-refractivity contribution in [2.45, 2.75) is 24.8 Å². The summed E-state index contributed by atoms with van der Waals surface area (Å²) in [6.07, 6.45) is 0. The summed E-state index contributed by atoms with van der Waals surface area (Å²) in [6.45, 7) is 3.63. The van der Waals surface area contributed by atoms with Crippen molar-refractivity contribution in [1.29, 1.82) is 0 Å². The minimum absolute atomic E-state index is 0.0945. The molecule has 0 spiro atoms. The van der Waals surface area contributed by atoms with E-state index in [0.29, 0.717) is 5.02 Å². The number of hydrogen-bond acceptors (Lipinski definition) is 4. The summed E-state index contributed by atoms with van der Waals surface area (Å²) in [4.78, 5) is 25.0. The standard InChI is InChI=1S/C23H21ClFN3O4S/c1-14(2)26-23(30)20-12-5-16(24)13-21(20)27-22(29)15-3-8-18(9-4-15)28-33(31,32)19-10-6-17(25)7-11-19/h3-14,28H,1-2H3,(H,26,30)(H,27,29). The van der Waals surface area contributed by atoms with Gasteiger partial charge in [0.1, 0.15) is 5.82 Å². The van der Waals surface area contributed by atoms with E-state index in [-0.39, 0.29) is 39.3 Å². The second kappa shape index (κ2) is 10.0. The molecule has 3 aromatic carbocycles. The topological polar surface area (TPSA) is 104 Å². The first kappa shape index (κ1) is 24.2. The number of nitrogens with one attached hydrogen (secondary N) is 3. The maximum Gasteiger partial charge on any atom is 0.261 e. The zero-order valence-corrected chi connectivity index (χ0v) is 19.3. The van der Waals surface area contributed by atoms with Gasteiger partial charge in [0.2, 0.25) is 0 Å². The predicted molar refractivity (Wildman–Crippen MR) is 126 cm³/mol. The first-order valence-corrected chi connectivity index (χ1v) is 11.7. The molecule has 0 aliphatic carbocycles. The van der Waals surface area contributed by atoms with Crippen molar-refractivity contribution in [2.24, 2.45) is 0 Å². The molecular weight excluding hydrogens is 469 g/mol. The van der Waals surface area contributed by atoms with Gasteiger partial charge in [-0.25, -0.2) is 12.8 Å². The fraction of sp³-hybridized carbons (Fsp3) is 0.130. The van der Waals surface area contributed by atoms with Crippen molar-refractivity contribution >= 4 is 44.8 Å². The first-order chi connectivity index (χ1) is 15.5. The molecule has 3 rings (SSSR count). The molecule has 7 nitrogen and oxygen atoms in total. The highest BCUT2D eigenvalue weighted by molar-refractivity contribution is 7.92. The lowest BCUT2D eigenvalue weighted by Gasteiger charge is -2.14. The lowest BCUT2D eigenvalue weighted by molar-refractivity contribution is 0.0944. The summed E-state index contributed by atoms with van der Waals surface area (Å²) in [5.41, 5.74) is 0.947. The van der Waals surface area contributed by atoms with Crippen LogP contribution in [0.4, 0.5) is 15.8 Å². The maximum atomic E-state index is 13.0. The lowest BCUT2D eigenvalue weighted by Crippen LogP contribution is -2.31. The van der Waals surface area contributed by atoms with Gasteiger partial charge in [-0.3, -0.25) is 14.3 Å². The molecule has 0 heterocycles. The number of rotatable bonds is 7. The van der Waals surface area contributed by atoms with Crippen LogP contribution in [0, 0.1) is 5.82 Å². The van der Waals surface area contributed by atoms with Crippen molar-refractivity contribution in [1.82, 2.24) is 5.32 Å². The number of carbonyl (C=O) groups is 2. The minimum atomic E-state index is -3.92. The smallest absolute Gasteiger partial charge is 0.261 e. The number of anilines is 2. The van der Waals surface area contributed by atoms with Gasteiger partial charge in [-0.2, -0.15) is 0 Å². The van der Waals surface area contributed by atoms with Gasteiger partial charge in [-0.05, 0) is 80.6 Å². The van der Waals surface area contributed by atoms with E-state index in [2.05, 4.69) is 15.4 Å². The predicted octanol–water partition coefficient (Wildman–Crippen LogP) is 4.67. The highest BCUT2D eigenvalue weighted by Crippen LogP contribution is 2.23. The van der Waals surface area contributed by atoms with Crippen LogP contribution in [0.2, 0.25) is 5.02 Å². The number of benzene rings is 3. The van der Waals surface area contributed by atoms with Crippen LogP contribution in [0.5, 0.6) is 0 Å². The Labute approximate surface area is 196 Å². The van der Waals surface area contributed by atoms with Crippen molar-refractivity contribution in [3.63, 3.8) is 0 Å². The van der Waals surface area contributed by atoms with Crippen LogP contribution in [0.3, 0.4) is 0 Å². The Hall–Kier alpha value is -3.43. The van der Waals surface area contributed by atoms with Crippen LogP contribution in [-0.4, -0.2) is 26.3 Å². The lowest BCUT2D eigenvalue weighted by atomic mass is 10.1. The molecule has 0 fully saturated rings. The van der Waals surface area contributed by atoms with Gasteiger partial charge < -0.3 is 10.6 Å². The molecule has 172 valence electrons. The highest BCUT2D eigenvalue weighted by Gasteiger charge is 2.17. The van der Waals surface area contributed by atoms with Gasteiger partial charge in [0.25, 0.3) is 21.8 Å². The van der Waals surface area contributed by atoms with Crippen LogP contribution >= 0.6 is 11.6 Å². The molecule has 3 aromatic rings. The molecule has 3 N–H and O–H groups in total. The molecule has 0 bridgehead atoms. The van der Waals surface area contributed by atoms with E-state index < -0.39 is 21.7 Å². The molecule has 10 heteroatoms. The second-order valence-electron chi connectivity index (χ2n) is 7.41. The highest BCUT2D eigenvalue weighted by atomic mass is 35.5. The Morgan fingerprint density at radius 3 is 2.15 bits per heavy atom. The molecule has 0 unspecified atom stereocenters. The van der Waals surface area contributed by atoms with Crippen molar-refractivity contribution < 1.29 is 22.4 Å². The zero-order chi connectivity index (χ0) is 24.2. The quantitative estimate of drug-likeness (QED) is 0.448. The van der Waals surface area contributed by atoms with Gasteiger partial charge in [0.05, 0.1) is 16.1 Å². The average Bonchev–Trinajstić information content (AvgIpc) is 2.73. The average molecular weight is 490 g/mol. The minimum Gasteiger partial charge on any atom is -0.350 e. The summed E-state index contributed by atoms with van der Waals surface area (Å²) < 4.78 is 40.2. The fourth-order valence-electron chi connectivity index (χ4n) is 2.87. The molecule has 33 heavy (non-hydrogen) atoms. The van der Waals surface area contributed by atoms with E-state index >= 15 is 0 Å². The number of carbonyl (C=O) groups excluding carboxylic acids is 2. The third-order valence-corrected chi connectivity index (χ3v) is 6.05. The number of sulfonamides is 1. The normalized spacial score (nSPS) is 11.2. The van der Waals surface area contributed by atoms with Gasteiger partial charge in [0.15, 0.2) is 0 Å². The van der Waals surface area contributed by atoms with E-state index in [1.165, 1.54) is 36.4 Å². The zero-order valence-electron chi connectivity index (χ0n) is 17.7. The molecule has 2 amide bonds. The SMILES string of the molecule is CC(C)NC(=O)c1ccc(Cl)cc1NC(=O)c1ccc(NS(=O)(=O)c2ccc(F)cc2)cc1. The van der Waals surface area contributed by atoms with Gasteiger partial charge in [-0.15, -0.1) is 0 Å². The molecule has 0 aliphatic heterocycles. The third-order valence-electron chi connectivity index (χ3n) is 4.42. The third kappa shape index (κ3) is 6.30. The maximum absolute atomic E-state index is 13.0. The van der Waals surface area contributed by atoms with E-state index in [9.17, 15) is 22.4 Å². The van der Waals surface area contributed by atoms with Crippen molar-refractivity contribution in [3.8, 4) is 0 Å². The second-order valence-corrected chi connectivity index (χ2v) is 9.53. The van der Waals surface area contributed by atoms with Crippen molar-refractivity contribution in [2.75, 3.05) is 10.0 Å². The van der Waals surface area contributed by atoms with Crippen LogP contribution in [-0.2, 0) is 10.0 Å². The number of halogens is 2. The van der Waals surface area contributed by atoms with E-state index in [1.54, 1.807) is 6.07 Å². The Bertz CT molecular complexity index is 1280. The largest absolute Gasteiger partial charge is 0.350 e. The van der Waals surface area contributed by atoms with E-state index in [1.807, 2.05) is 13.8 Å². The molecular formula is C23H21ClFN3O4S. The number of hydrogen-bond donors (Lipinski definition) is 3. The Morgan fingerprint density at radius 1 is 0.909 bits per heavy atom. The monoisotopic (exact) mass is 489 g/mol. The first-order valence-electron chi connectivity index (χ1n) is 9.85. The molecule has 0 aliphatic rings. The molecule has 0 saturated heterocycles. The summed E-state index contributed by atoms with van der Waals surface area (Å²) in [7, 11) is -3.92. The van der Waals surface area contributed by atoms with Crippen molar-refractivity contribution in [3.05, 3.63) is 88.7 Å². The van der Waals surface area contributed by atoms with E-state index in [4.69, 9.17) is 11.6 Å². The summed E-state index contributed by atoms with van der Waals surface area (Å²) in [5, 5.41) is 5.77. The summed E-state index contributed by atoms with van der Waals surface area (Å²) in [5.74, 6) is -1.42. The van der Waals surface area contributed by atoms with Gasteiger partial charge >= 0.3 is 0 Å². The van der Waals surface area contributed by atoms with Crippen LogP contribution < -0.4 is 15.4 Å². The summed E-state index contributed by atoms with van der Waals surface area (Å²) >= 11 is 6.03. The summed E-state index contributed by atoms with van der Waals surface area (Å²) in [6, 6.07) is 14.5. The molecule has 0 saturated carbocycles. The Morgan fingerprint density at radius 2 is 1.55 bits per heavy atom. The van der Waals surface area contributed by atoms with Gasteiger partial charge in [-0.1, -0.05) is 11.6 Å². The van der Waals surface area contributed by atoms with Crippen LogP contribution in [0.1, 0.15) is 34.6 Å².